The fourth-order valence-electron chi connectivity index (χ4n) is 2.16. The third kappa shape index (κ3) is 4.31. The van der Waals surface area contributed by atoms with Gasteiger partial charge in [-0.05, 0) is 64.0 Å². The Labute approximate surface area is 140 Å². The minimum absolute atomic E-state index is 0.234. The zero-order valence-corrected chi connectivity index (χ0v) is 14.7. The van der Waals surface area contributed by atoms with E-state index >= 15 is 0 Å². The zero-order chi connectivity index (χ0) is 14.5. The van der Waals surface area contributed by atoms with Crippen LogP contribution in [0.4, 0.5) is 4.39 Å². The highest BCUT2D eigenvalue weighted by Crippen LogP contribution is 2.24. The molecule has 106 valence electrons. The molecule has 0 aliphatic carbocycles. The standard InChI is InChI=1S/C16H14Br2ClF/c17-14-4-2-1-3-13(14)8-12(10-19)7-11-5-6-16(20)15(18)9-11/h1-6,9,12H,7-8,10H2. The largest absolute Gasteiger partial charge is 0.206 e. The van der Waals surface area contributed by atoms with Crippen molar-refractivity contribution in [2.45, 2.75) is 12.8 Å². The van der Waals surface area contributed by atoms with Crippen molar-refractivity contribution in [3.63, 3.8) is 0 Å². The topological polar surface area (TPSA) is 0 Å². The third-order valence-electron chi connectivity index (χ3n) is 3.19. The molecule has 2 rings (SSSR count). The lowest BCUT2D eigenvalue weighted by Gasteiger charge is -2.15. The SMILES string of the molecule is Fc1ccc(CC(CCl)Cc2ccccc2Br)cc1Br. The van der Waals surface area contributed by atoms with Crippen LogP contribution in [0.25, 0.3) is 0 Å². The summed E-state index contributed by atoms with van der Waals surface area (Å²) in [5.41, 5.74) is 2.34. The Hall–Kier alpha value is -0.380. The fourth-order valence-corrected chi connectivity index (χ4v) is 3.25. The number of hydrogen-bond acceptors (Lipinski definition) is 0. The number of halogens is 4. The van der Waals surface area contributed by atoms with E-state index in [4.69, 9.17) is 11.6 Å². The highest BCUT2D eigenvalue weighted by molar-refractivity contribution is 9.10. The smallest absolute Gasteiger partial charge is 0.137 e. The maximum absolute atomic E-state index is 13.2. The Bertz CT molecular complexity index is 586. The molecule has 0 spiro atoms. The molecular weight excluding hydrogens is 406 g/mol. The van der Waals surface area contributed by atoms with E-state index in [1.54, 1.807) is 0 Å². The van der Waals surface area contributed by atoms with Gasteiger partial charge in [-0.2, -0.15) is 0 Å². The van der Waals surface area contributed by atoms with Crippen LogP contribution in [-0.4, -0.2) is 5.88 Å². The summed E-state index contributed by atoms with van der Waals surface area (Å²) in [5, 5.41) is 0. The number of benzene rings is 2. The predicted molar refractivity (Wildman–Crippen MR) is 89.9 cm³/mol. The maximum atomic E-state index is 13.2. The summed E-state index contributed by atoms with van der Waals surface area (Å²) in [6.07, 6.45) is 1.74. The Morgan fingerprint density at radius 1 is 1.00 bits per heavy atom. The van der Waals surface area contributed by atoms with Crippen molar-refractivity contribution in [3.05, 3.63) is 68.4 Å². The second-order valence-corrected chi connectivity index (χ2v) is 6.79. The van der Waals surface area contributed by atoms with Crippen molar-refractivity contribution in [2.24, 2.45) is 5.92 Å². The van der Waals surface area contributed by atoms with Crippen molar-refractivity contribution in [1.82, 2.24) is 0 Å². The van der Waals surface area contributed by atoms with Gasteiger partial charge in [0.15, 0.2) is 0 Å². The minimum Gasteiger partial charge on any atom is -0.206 e. The van der Waals surface area contributed by atoms with Crippen molar-refractivity contribution in [1.29, 1.82) is 0 Å². The van der Waals surface area contributed by atoms with E-state index in [9.17, 15) is 4.39 Å². The molecule has 0 radical (unpaired) electrons. The average Bonchev–Trinajstić information content (AvgIpc) is 2.44. The van der Waals surface area contributed by atoms with Crippen molar-refractivity contribution in [3.8, 4) is 0 Å². The van der Waals surface area contributed by atoms with Crippen molar-refractivity contribution >= 4 is 43.5 Å². The summed E-state index contributed by atoms with van der Waals surface area (Å²) in [6, 6.07) is 13.3. The molecule has 0 saturated heterocycles. The highest BCUT2D eigenvalue weighted by atomic mass is 79.9. The van der Waals surface area contributed by atoms with Gasteiger partial charge >= 0.3 is 0 Å². The quantitative estimate of drug-likeness (QED) is 0.521. The van der Waals surface area contributed by atoms with Crippen LogP contribution in [0.5, 0.6) is 0 Å². The highest BCUT2D eigenvalue weighted by Gasteiger charge is 2.12. The van der Waals surface area contributed by atoms with Gasteiger partial charge in [0.1, 0.15) is 5.82 Å². The van der Waals surface area contributed by atoms with Gasteiger partial charge in [-0.15, -0.1) is 11.6 Å². The third-order valence-corrected chi connectivity index (χ3v) is 5.01. The fraction of sp³-hybridized carbons (Fsp3) is 0.250. The van der Waals surface area contributed by atoms with Crippen molar-refractivity contribution in [2.75, 3.05) is 5.88 Å². The van der Waals surface area contributed by atoms with Gasteiger partial charge < -0.3 is 0 Å². The summed E-state index contributed by atoms with van der Waals surface area (Å²) >= 11 is 12.9. The minimum atomic E-state index is -0.234. The van der Waals surface area contributed by atoms with E-state index in [0.717, 1.165) is 22.9 Å². The van der Waals surface area contributed by atoms with Gasteiger partial charge in [0.25, 0.3) is 0 Å². The monoisotopic (exact) mass is 418 g/mol. The first-order chi connectivity index (χ1) is 9.60. The lowest BCUT2D eigenvalue weighted by atomic mass is 9.94. The second kappa shape index (κ2) is 7.58. The van der Waals surface area contributed by atoms with Gasteiger partial charge in [-0.3, -0.25) is 0 Å². The molecule has 2 aromatic carbocycles. The number of alkyl halides is 1. The molecule has 0 saturated carbocycles. The summed E-state index contributed by atoms with van der Waals surface area (Å²) in [5.74, 6) is 0.672. The van der Waals surface area contributed by atoms with Gasteiger partial charge in [-0.25, -0.2) is 4.39 Å². The second-order valence-electron chi connectivity index (χ2n) is 4.77. The molecule has 1 unspecified atom stereocenters. The maximum Gasteiger partial charge on any atom is 0.137 e. The van der Waals surface area contributed by atoms with E-state index in [1.165, 1.54) is 11.6 Å². The molecule has 2 aromatic rings. The van der Waals surface area contributed by atoms with Crippen LogP contribution < -0.4 is 0 Å². The molecule has 0 fully saturated rings. The molecule has 0 amide bonds. The van der Waals surface area contributed by atoms with Crippen molar-refractivity contribution < 1.29 is 4.39 Å². The Balaban J connectivity index is 2.09. The summed E-state index contributed by atoms with van der Waals surface area (Å²) in [4.78, 5) is 0. The van der Waals surface area contributed by atoms with Crippen LogP contribution in [0.2, 0.25) is 0 Å². The lowest BCUT2D eigenvalue weighted by Crippen LogP contribution is -2.10. The van der Waals surface area contributed by atoms with Gasteiger partial charge in [0, 0.05) is 10.4 Å². The number of hydrogen-bond donors (Lipinski definition) is 0. The first-order valence-electron chi connectivity index (χ1n) is 6.33. The van der Waals surface area contributed by atoms with Gasteiger partial charge in [0.05, 0.1) is 4.47 Å². The Morgan fingerprint density at radius 2 is 1.75 bits per heavy atom. The van der Waals surface area contributed by atoms with Crippen LogP contribution in [0.1, 0.15) is 11.1 Å². The van der Waals surface area contributed by atoms with E-state index in [2.05, 4.69) is 37.9 Å². The number of rotatable bonds is 5. The van der Waals surface area contributed by atoms with Crippen LogP contribution in [0.3, 0.4) is 0 Å². The molecule has 0 aliphatic heterocycles. The molecule has 0 nitrogen and oxygen atoms in total. The summed E-state index contributed by atoms with van der Waals surface area (Å²) in [6.45, 7) is 0. The van der Waals surface area contributed by atoms with E-state index in [0.29, 0.717) is 16.3 Å². The van der Waals surface area contributed by atoms with Crippen LogP contribution in [0.15, 0.2) is 51.4 Å². The molecule has 4 heteroatoms. The molecule has 0 N–H and O–H groups in total. The van der Waals surface area contributed by atoms with E-state index in [-0.39, 0.29) is 5.82 Å². The zero-order valence-electron chi connectivity index (χ0n) is 10.8. The van der Waals surface area contributed by atoms with Crippen LogP contribution in [-0.2, 0) is 12.8 Å². The normalized spacial score (nSPS) is 12.4. The first kappa shape index (κ1) is 16.0. The van der Waals surface area contributed by atoms with Crippen LogP contribution >= 0.6 is 43.5 Å². The lowest BCUT2D eigenvalue weighted by molar-refractivity contribution is 0.579. The molecule has 0 bridgehead atoms. The summed E-state index contributed by atoms with van der Waals surface area (Å²) in [7, 11) is 0. The molecule has 1 atom stereocenters. The first-order valence-corrected chi connectivity index (χ1v) is 8.45. The Kier molecular flexibility index (Phi) is 6.06. The predicted octanol–water partition coefficient (Wildman–Crippen LogP) is 5.99. The molecule has 0 heterocycles. The molecule has 20 heavy (non-hydrogen) atoms. The van der Waals surface area contributed by atoms with Gasteiger partial charge in [-0.1, -0.05) is 40.2 Å². The Morgan fingerprint density at radius 3 is 2.40 bits per heavy atom. The van der Waals surface area contributed by atoms with E-state index in [1.807, 2.05) is 30.3 Å². The molecular formula is C16H14Br2ClF. The van der Waals surface area contributed by atoms with Gasteiger partial charge in [0.2, 0.25) is 0 Å². The van der Waals surface area contributed by atoms with Crippen LogP contribution in [0, 0.1) is 11.7 Å². The molecule has 0 aromatic heterocycles. The molecule has 0 aliphatic rings. The average molecular weight is 421 g/mol. The summed E-state index contributed by atoms with van der Waals surface area (Å²) < 4.78 is 14.8. The van der Waals surface area contributed by atoms with E-state index < -0.39 is 0 Å².